The molecule has 55 heavy (non-hydrogen) atoms. The van der Waals surface area contributed by atoms with Crippen LogP contribution in [-0.2, 0) is 5.41 Å². The molecule has 11 rings (SSSR count). The van der Waals surface area contributed by atoms with Gasteiger partial charge in [-0.15, -0.1) is 11.3 Å². The molecule has 0 atom stereocenters. The number of fused-ring (bicyclic) bond motifs is 9. The van der Waals surface area contributed by atoms with E-state index in [1.165, 1.54) is 91.9 Å². The first-order valence-electron chi connectivity index (χ1n) is 19.1. The molecule has 1 aromatic heterocycles. The summed E-state index contributed by atoms with van der Waals surface area (Å²) in [5.74, 6) is 0. The topological polar surface area (TPSA) is 3.24 Å². The van der Waals surface area contributed by atoms with Crippen LogP contribution in [-0.4, -0.2) is 0 Å². The van der Waals surface area contributed by atoms with E-state index in [2.05, 4.69) is 207 Å². The minimum atomic E-state index is -0.0901. The summed E-state index contributed by atoms with van der Waals surface area (Å²) in [4.78, 5) is 2.45. The minimum absolute atomic E-state index is 0.0901. The van der Waals surface area contributed by atoms with E-state index in [0.717, 1.165) is 11.4 Å². The van der Waals surface area contributed by atoms with Crippen LogP contribution in [0.2, 0.25) is 0 Å². The fourth-order valence-electron chi connectivity index (χ4n) is 9.05. The summed E-state index contributed by atoms with van der Waals surface area (Å²) in [7, 11) is 0. The maximum absolute atomic E-state index is 2.45. The summed E-state index contributed by atoms with van der Waals surface area (Å²) >= 11 is 1.88. The fraction of sp³-hybridized carbons (Fsp3) is 0.0566. The highest BCUT2D eigenvalue weighted by Gasteiger charge is 2.37. The molecule has 0 bridgehead atoms. The molecule has 0 fully saturated rings. The average molecular weight is 720 g/mol. The van der Waals surface area contributed by atoms with Gasteiger partial charge in [0, 0.05) is 42.5 Å². The van der Waals surface area contributed by atoms with E-state index in [1.54, 1.807) is 0 Å². The Morgan fingerprint density at radius 3 is 1.78 bits per heavy atom. The van der Waals surface area contributed by atoms with Crippen molar-refractivity contribution >= 4 is 70.1 Å². The predicted octanol–water partition coefficient (Wildman–Crippen LogP) is 15.5. The Labute approximate surface area is 325 Å². The van der Waals surface area contributed by atoms with Crippen molar-refractivity contribution in [3.63, 3.8) is 0 Å². The van der Waals surface area contributed by atoms with Gasteiger partial charge in [0.1, 0.15) is 0 Å². The zero-order valence-corrected chi connectivity index (χ0v) is 31.6. The zero-order chi connectivity index (χ0) is 36.7. The summed E-state index contributed by atoms with van der Waals surface area (Å²) in [6, 6.07) is 69.6. The van der Waals surface area contributed by atoms with Crippen molar-refractivity contribution in [2.24, 2.45) is 0 Å². The van der Waals surface area contributed by atoms with E-state index in [0.29, 0.717) is 0 Å². The molecule has 10 aromatic rings. The van der Waals surface area contributed by atoms with Gasteiger partial charge in [0.05, 0.1) is 5.69 Å². The van der Waals surface area contributed by atoms with Crippen LogP contribution in [0.5, 0.6) is 0 Å². The van der Waals surface area contributed by atoms with Gasteiger partial charge >= 0.3 is 0 Å². The van der Waals surface area contributed by atoms with Gasteiger partial charge in [-0.25, -0.2) is 0 Å². The lowest BCUT2D eigenvalue weighted by Crippen LogP contribution is -2.16. The van der Waals surface area contributed by atoms with Gasteiger partial charge in [-0.2, -0.15) is 0 Å². The lowest BCUT2D eigenvalue weighted by Gasteiger charge is -2.29. The molecule has 0 saturated carbocycles. The SMILES string of the molecule is CC1(C)c2ccccc2-c2c(N(c3ccc(-c4ccc5ccccc5c4)cc3)c3ccc(-c4ccc5sc6ccc7ccccc7c6c5c4)cc3)cccc21. The van der Waals surface area contributed by atoms with Crippen LogP contribution < -0.4 is 4.90 Å². The fourth-order valence-corrected chi connectivity index (χ4v) is 10.2. The summed E-state index contributed by atoms with van der Waals surface area (Å²) in [5.41, 5.74) is 13.6. The van der Waals surface area contributed by atoms with Crippen molar-refractivity contribution in [1.82, 2.24) is 0 Å². The predicted molar refractivity (Wildman–Crippen MR) is 237 cm³/mol. The Morgan fingerprint density at radius 1 is 0.418 bits per heavy atom. The van der Waals surface area contributed by atoms with E-state index in [4.69, 9.17) is 0 Å². The highest BCUT2D eigenvalue weighted by molar-refractivity contribution is 7.26. The van der Waals surface area contributed by atoms with Crippen LogP contribution in [0, 0.1) is 0 Å². The molecule has 0 radical (unpaired) electrons. The minimum Gasteiger partial charge on any atom is -0.310 e. The Hall–Kier alpha value is -6.48. The van der Waals surface area contributed by atoms with Gasteiger partial charge in [0.2, 0.25) is 0 Å². The van der Waals surface area contributed by atoms with Crippen LogP contribution in [0.1, 0.15) is 25.0 Å². The van der Waals surface area contributed by atoms with Crippen molar-refractivity contribution in [1.29, 1.82) is 0 Å². The van der Waals surface area contributed by atoms with Crippen molar-refractivity contribution in [2.75, 3.05) is 4.90 Å². The van der Waals surface area contributed by atoms with Crippen molar-refractivity contribution < 1.29 is 0 Å². The molecular weight excluding hydrogens is 683 g/mol. The second-order valence-electron chi connectivity index (χ2n) is 15.3. The van der Waals surface area contributed by atoms with Crippen molar-refractivity contribution in [3.05, 3.63) is 199 Å². The highest BCUT2D eigenvalue weighted by Crippen LogP contribution is 2.54. The maximum Gasteiger partial charge on any atom is 0.0543 e. The molecule has 1 nitrogen and oxygen atoms in total. The number of nitrogens with zero attached hydrogens (tertiary/aromatic N) is 1. The normalized spacial score (nSPS) is 13.1. The van der Waals surface area contributed by atoms with Crippen LogP contribution in [0.3, 0.4) is 0 Å². The van der Waals surface area contributed by atoms with E-state index in [-0.39, 0.29) is 5.41 Å². The molecule has 9 aromatic carbocycles. The summed E-state index contributed by atoms with van der Waals surface area (Å²) in [5, 5.41) is 7.81. The quantitative estimate of drug-likeness (QED) is 0.171. The molecule has 0 saturated heterocycles. The number of rotatable bonds is 5. The lowest BCUT2D eigenvalue weighted by molar-refractivity contribution is 0.660. The van der Waals surface area contributed by atoms with Gasteiger partial charge in [-0.1, -0.05) is 147 Å². The molecule has 0 spiro atoms. The van der Waals surface area contributed by atoms with Crippen LogP contribution in [0.25, 0.3) is 75.1 Å². The average Bonchev–Trinajstić information content (AvgIpc) is 3.73. The van der Waals surface area contributed by atoms with Gasteiger partial charge in [-0.05, 0) is 115 Å². The summed E-state index contributed by atoms with van der Waals surface area (Å²) < 4.78 is 2.66. The van der Waals surface area contributed by atoms with E-state index in [9.17, 15) is 0 Å². The number of anilines is 3. The van der Waals surface area contributed by atoms with E-state index in [1.807, 2.05) is 11.3 Å². The maximum atomic E-state index is 2.45. The van der Waals surface area contributed by atoms with Gasteiger partial charge in [0.25, 0.3) is 0 Å². The molecule has 1 aliphatic carbocycles. The first-order valence-corrected chi connectivity index (χ1v) is 19.9. The standard InChI is InChI=1S/C53H37NS/c1-53(2)46-15-8-7-14-44(46)52-47(53)16-9-17-48(52)54(41-26-20-35(21-27-41)39-19-18-34-10-3-4-12-38(34)32-39)42-28-22-36(23-29-42)40-25-30-49-45(33-40)51-43-13-6-5-11-37(43)24-31-50(51)55-49/h3-33H,1-2H3. The second kappa shape index (κ2) is 12.3. The van der Waals surface area contributed by atoms with Crippen LogP contribution >= 0.6 is 11.3 Å². The third-order valence-corrected chi connectivity index (χ3v) is 13.0. The molecular formula is C53H37NS. The zero-order valence-electron chi connectivity index (χ0n) is 30.8. The third-order valence-electron chi connectivity index (χ3n) is 11.9. The number of benzene rings is 9. The van der Waals surface area contributed by atoms with Gasteiger partial charge in [-0.3, -0.25) is 0 Å². The van der Waals surface area contributed by atoms with Crippen LogP contribution in [0.4, 0.5) is 17.1 Å². The first-order chi connectivity index (χ1) is 27.0. The van der Waals surface area contributed by atoms with Gasteiger partial charge in [0.15, 0.2) is 0 Å². The molecule has 260 valence electrons. The molecule has 1 heterocycles. The Kier molecular flexibility index (Phi) is 7.14. The van der Waals surface area contributed by atoms with Crippen molar-refractivity contribution in [3.8, 4) is 33.4 Å². The largest absolute Gasteiger partial charge is 0.310 e. The first kappa shape index (κ1) is 32.0. The summed E-state index contributed by atoms with van der Waals surface area (Å²) in [6.07, 6.45) is 0. The molecule has 0 N–H and O–H groups in total. The smallest absolute Gasteiger partial charge is 0.0543 e. The Balaban J connectivity index is 1.04. The molecule has 0 unspecified atom stereocenters. The monoisotopic (exact) mass is 719 g/mol. The third kappa shape index (κ3) is 5.06. The second-order valence-corrected chi connectivity index (χ2v) is 16.4. The van der Waals surface area contributed by atoms with Gasteiger partial charge < -0.3 is 4.90 Å². The lowest BCUT2D eigenvalue weighted by atomic mass is 9.82. The summed E-state index contributed by atoms with van der Waals surface area (Å²) in [6.45, 7) is 4.71. The van der Waals surface area contributed by atoms with E-state index >= 15 is 0 Å². The number of thiophene rings is 1. The number of hydrogen-bond acceptors (Lipinski definition) is 2. The Bertz CT molecular complexity index is 3110. The van der Waals surface area contributed by atoms with Crippen molar-refractivity contribution in [2.45, 2.75) is 19.3 Å². The molecule has 1 aliphatic rings. The highest BCUT2D eigenvalue weighted by atomic mass is 32.1. The molecule has 0 aliphatic heterocycles. The van der Waals surface area contributed by atoms with E-state index < -0.39 is 0 Å². The molecule has 2 heteroatoms. The van der Waals surface area contributed by atoms with Crippen LogP contribution in [0.15, 0.2) is 188 Å². The Morgan fingerprint density at radius 2 is 1.00 bits per heavy atom. The number of hydrogen-bond donors (Lipinski definition) is 0. The molecule has 0 amide bonds.